The molecule has 0 fully saturated rings. The van der Waals surface area contributed by atoms with Gasteiger partial charge in [0.2, 0.25) is 0 Å². The predicted molar refractivity (Wildman–Crippen MR) is 112 cm³/mol. The van der Waals surface area contributed by atoms with Crippen LogP contribution < -0.4 is 64.4 Å². The Labute approximate surface area is 264 Å². The van der Waals surface area contributed by atoms with E-state index in [-0.39, 0.29) is 121 Å². The number of nitrogens with zero attached hydrogens (tertiary/aromatic N) is 3. The number of hydrogen-bond acceptors (Lipinski definition) is 13. The van der Waals surface area contributed by atoms with Crippen LogP contribution in [0.15, 0.2) is 62.5 Å². The Morgan fingerprint density at radius 3 is 2.25 bits per heavy atom. The summed E-state index contributed by atoms with van der Waals surface area (Å²) in [6, 6.07) is 8.47. The molecule has 0 atom stereocenters. The van der Waals surface area contributed by atoms with Gasteiger partial charge in [-0.1, -0.05) is 18.2 Å². The molecule has 19 heteroatoms. The average Bonchev–Trinajstić information content (AvgIpc) is 2.70. The third-order valence-corrected chi connectivity index (χ3v) is 5.90. The van der Waals surface area contributed by atoms with E-state index in [4.69, 9.17) is 0 Å². The Morgan fingerprint density at radius 2 is 1.67 bits per heavy atom. The van der Waals surface area contributed by atoms with Crippen molar-refractivity contribution in [2.75, 3.05) is 6.26 Å². The molecule has 3 rings (SSSR count). The summed E-state index contributed by atoms with van der Waals surface area (Å²) < 4.78 is 64.7. The molecule has 0 heterocycles. The fourth-order valence-electron chi connectivity index (χ4n) is 2.70. The molecule has 36 heavy (non-hydrogen) atoms. The quantitative estimate of drug-likeness (QED) is 0.0636. The van der Waals surface area contributed by atoms with Gasteiger partial charge in [0.1, 0.15) is 21.6 Å². The summed E-state index contributed by atoms with van der Waals surface area (Å²) in [7, 11) is -8.71. The van der Waals surface area contributed by atoms with E-state index in [1.807, 2.05) is 0 Å². The van der Waals surface area contributed by atoms with Crippen LogP contribution in [0, 0.1) is 0 Å². The van der Waals surface area contributed by atoms with Gasteiger partial charge in [-0.15, -0.1) is 10.8 Å². The van der Waals surface area contributed by atoms with Crippen molar-refractivity contribution in [3.63, 3.8) is 0 Å². The molecular weight excluding hydrogens is 612 g/mol. The summed E-state index contributed by atoms with van der Waals surface area (Å²) in [5.41, 5.74) is -0.409. The first-order chi connectivity index (χ1) is 15.4. The van der Waals surface area contributed by atoms with Crippen molar-refractivity contribution in [3.8, 4) is 11.5 Å². The summed E-state index contributed by atoms with van der Waals surface area (Å²) in [6.07, 6.45) is 0.879. The van der Waals surface area contributed by atoms with Crippen molar-refractivity contribution in [2.24, 2.45) is 10.2 Å². The Hall–Kier alpha value is -0.471. The van der Waals surface area contributed by atoms with Gasteiger partial charge >= 0.3 is 76.2 Å². The first-order valence-electron chi connectivity index (χ1n) is 8.46. The van der Waals surface area contributed by atoms with Crippen molar-refractivity contribution < 1.29 is 122 Å². The molecule has 2 N–H and O–H groups in total. The molecule has 3 aromatic rings. The molecule has 0 aliphatic rings. The van der Waals surface area contributed by atoms with Crippen LogP contribution in [-0.4, -0.2) is 37.9 Å². The molecule has 0 aliphatic carbocycles. The first-order valence-corrected chi connectivity index (χ1v) is 12.5. The molecule has 0 radical (unpaired) electrons. The minimum atomic E-state index is -4.94. The molecule has 0 spiro atoms. The van der Waals surface area contributed by atoms with Gasteiger partial charge in [0.15, 0.2) is 5.75 Å². The fraction of sp³-hybridized carbons (Fsp3) is 0.0588. The molecule has 13 nitrogen and oxygen atoms in total. The zero-order valence-electron chi connectivity index (χ0n) is 18.6. The Morgan fingerprint density at radius 1 is 1.03 bits per heavy atom. The minimum absolute atomic E-state index is 0. The molecule has 0 saturated carbocycles. The Balaban J connectivity index is 0.00000408. The summed E-state index contributed by atoms with van der Waals surface area (Å²) in [4.78, 5) is -0.897. The molecule has 0 aromatic heterocycles. The maximum absolute atomic E-state index is 11.5. The third-order valence-electron chi connectivity index (χ3n) is 3.95. The average molecular weight is 624 g/mol. The Bertz CT molecular complexity index is 1470. The van der Waals surface area contributed by atoms with E-state index in [1.54, 1.807) is 0 Å². The normalized spacial score (nSPS) is 11.4. The number of fused-ring (bicyclic) bond motifs is 1. The van der Waals surface area contributed by atoms with Crippen LogP contribution in [0.3, 0.4) is 0 Å². The van der Waals surface area contributed by atoms with Crippen molar-refractivity contribution >= 4 is 60.0 Å². The summed E-state index contributed by atoms with van der Waals surface area (Å²) in [5.74, 6) is -1.46. The van der Waals surface area contributed by atoms with Crippen LogP contribution in [0.4, 0.5) is 17.1 Å². The molecule has 0 amide bonds. The second-order valence-electron chi connectivity index (χ2n) is 6.30. The fourth-order valence-corrected chi connectivity index (χ4v) is 4.23. The standard InChI is InChI=1S/C17H14N3O10S3.Cu.2Na/c1-32(24,25)20-12-5-3-2-4-11(12)18-19-16-14(31-30-29-23)7-9-6-10(33(26,27)28)8-13(21)15(9)17(16)22;;;/h2-8H,1H3,(H4-,18,19,20,21,22,23,26,27,28);;;/q-1;3*+1/p-2. The second-order valence-corrected chi connectivity index (χ2v) is 10.1. The summed E-state index contributed by atoms with van der Waals surface area (Å²) in [6.45, 7) is 0. The smallest absolute Gasteiger partial charge is 0.744 e. The van der Waals surface area contributed by atoms with Crippen LogP contribution in [0.1, 0.15) is 0 Å². The van der Waals surface area contributed by atoms with Gasteiger partial charge in [-0.3, -0.25) is 5.04 Å². The summed E-state index contributed by atoms with van der Waals surface area (Å²) in [5, 5.41) is 41.8. The molecule has 186 valence electrons. The van der Waals surface area contributed by atoms with Crippen LogP contribution in [-0.2, 0) is 46.6 Å². The Kier molecular flexibility index (Phi) is 14.4. The molecule has 0 saturated heterocycles. The monoisotopic (exact) mass is 623 g/mol. The maximum atomic E-state index is 11.5. The number of phenols is 2. The topological polar surface area (TPSA) is 212 Å². The maximum Gasteiger partial charge on any atom is 1.00 e. The van der Waals surface area contributed by atoms with Crippen LogP contribution in [0.25, 0.3) is 15.5 Å². The van der Waals surface area contributed by atoms with Gasteiger partial charge in [-0.05, 0) is 29.7 Å². The van der Waals surface area contributed by atoms with Crippen LogP contribution >= 0.6 is 12.0 Å². The molecular formula is C17H12CuN3Na2O10S3. The molecule has 0 bridgehead atoms. The van der Waals surface area contributed by atoms with Gasteiger partial charge in [0.25, 0.3) is 0 Å². The largest absolute Gasteiger partial charge is 1.00 e. The number of azo groups is 1. The summed E-state index contributed by atoms with van der Waals surface area (Å²) >= 11 is 0.268. The van der Waals surface area contributed by atoms with Crippen molar-refractivity contribution in [1.29, 1.82) is 0 Å². The number of benzene rings is 3. The van der Waals surface area contributed by atoms with E-state index in [0.717, 1.165) is 18.4 Å². The van der Waals surface area contributed by atoms with Gasteiger partial charge in [-0.2, -0.15) is 9.45 Å². The van der Waals surface area contributed by atoms with E-state index < -0.39 is 36.5 Å². The van der Waals surface area contributed by atoms with E-state index in [9.17, 15) is 36.9 Å². The van der Waals surface area contributed by atoms with Gasteiger partial charge < -0.3 is 24.7 Å². The number of hydrogen-bond donors (Lipinski definition) is 2. The molecule has 0 aliphatic heterocycles. The zero-order chi connectivity index (χ0) is 24.4. The number of phenolic OH excluding ortho intramolecular Hbond substituents is 2. The zero-order valence-corrected chi connectivity index (χ0v) is 26.0. The third kappa shape index (κ3) is 9.07. The van der Waals surface area contributed by atoms with Crippen LogP contribution in [0.2, 0.25) is 0 Å². The van der Waals surface area contributed by atoms with E-state index in [0.29, 0.717) is 6.07 Å². The number of aromatic hydroxyl groups is 2. The van der Waals surface area contributed by atoms with E-state index >= 15 is 0 Å². The number of sulfonamides is 1. The van der Waals surface area contributed by atoms with E-state index in [1.165, 1.54) is 24.3 Å². The van der Waals surface area contributed by atoms with Crippen LogP contribution in [0.5, 0.6) is 11.5 Å². The predicted octanol–water partition coefficient (Wildman–Crippen LogP) is -3.23. The minimum Gasteiger partial charge on any atom is -0.744 e. The van der Waals surface area contributed by atoms with Gasteiger partial charge in [0.05, 0.1) is 42.9 Å². The second kappa shape index (κ2) is 14.6. The first kappa shape index (κ1) is 35.5. The number of rotatable bonds is 8. The van der Waals surface area contributed by atoms with Crippen molar-refractivity contribution in [1.82, 2.24) is 0 Å². The van der Waals surface area contributed by atoms with Gasteiger partial charge in [0, 0.05) is 6.26 Å². The van der Waals surface area contributed by atoms with E-state index in [2.05, 4.69) is 24.3 Å². The van der Waals surface area contributed by atoms with Crippen molar-refractivity contribution in [2.45, 2.75) is 9.79 Å². The SMILES string of the molecule is CS(=O)(=O)[N-]c1ccccc1N=Nc1c(SOO[O-])cc2cc(S(=O)(=O)[O-])cc(O)c2c1O.[Cu+].[Na+].[Na+]. The van der Waals surface area contributed by atoms with Crippen molar-refractivity contribution in [3.05, 3.63) is 47.2 Å². The molecule has 3 aromatic carbocycles. The molecule has 0 unspecified atom stereocenters. The van der Waals surface area contributed by atoms with Gasteiger partial charge in [-0.25, -0.2) is 16.8 Å².